The third-order valence-electron chi connectivity index (χ3n) is 2.10. The highest BCUT2D eigenvalue weighted by molar-refractivity contribution is 5.97. The van der Waals surface area contributed by atoms with Crippen molar-refractivity contribution in [1.29, 1.82) is 0 Å². The van der Waals surface area contributed by atoms with Gasteiger partial charge in [-0.2, -0.15) is 0 Å². The molecule has 74 valence electrons. The van der Waals surface area contributed by atoms with E-state index >= 15 is 0 Å². The Morgan fingerprint density at radius 2 is 2.21 bits per heavy atom. The average Bonchev–Trinajstić information content (AvgIpc) is 2.17. The molecule has 2 N–H and O–H groups in total. The van der Waals surface area contributed by atoms with E-state index in [4.69, 9.17) is 4.74 Å². The molecule has 0 radical (unpaired) electrons. The molecule has 1 amide bonds. The SMILES string of the molecule is CC(O)C1NC(=O)c2ccccc2O1. The van der Waals surface area contributed by atoms with Crippen molar-refractivity contribution in [2.24, 2.45) is 0 Å². The fourth-order valence-electron chi connectivity index (χ4n) is 1.35. The van der Waals surface area contributed by atoms with Crippen LogP contribution in [0.3, 0.4) is 0 Å². The summed E-state index contributed by atoms with van der Waals surface area (Å²) >= 11 is 0. The van der Waals surface area contributed by atoms with Gasteiger partial charge in [-0.25, -0.2) is 0 Å². The summed E-state index contributed by atoms with van der Waals surface area (Å²) in [6.07, 6.45) is -1.38. The zero-order chi connectivity index (χ0) is 10.1. The minimum absolute atomic E-state index is 0.210. The smallest absolute Gasteiger partial charge is 0.257 e. The average molecular weight is 193 g/mol. The molecule has 1 aliphatic rings. The van der Waals surface area contributed by atoms with E-state index in [9.17, 15) is 9.90 Å². The van der Waals surface area contributed by atoms with Crippen LogP contribution in [0, 0.1) is 0 Å². The topological polar surface area (TPSA) is 58.6 Å². The number of aliphatic hydroxyl groups excluding tert-OH is 1. The number of para-hydroxylation sites is 1. The first kappa shape index (κ1) is 9.02. The summed E-state index contributed by atoms with van der Waals surface area (Å²) in [5, 5.41) is 11.8. The molecule has 4 heteroatoms. The summed E-state index contributed by atoms with van der Waals surface area (Å²) < 4.78 is 5.38. The molecule has 1 aromatic carbocycles. The predicted molar refractivity (Wildman–Crippen MR) is 50.0 cm³/mol. The van der Waals surface area contributed by atoms with Gasteiger partial charge in [0.05, 0.1) is 5.56 Å². The maximum Gasteiger partial charge on any atom is 0.257 e. The second-order valence-electron chi connectivity index (χ2n) is 3.25. The lowest BCUT2D eigenvalue weighted by molar-refractivity contribution is 0.0177. The van der Waals surface area contributed by atoms with Gasteiger partial charge in [0.1, 0.15) is 11.9 Å². The molecule has 2 atom stereocenters. The van der Waals surface area contributed by atoms with E-state index in [0.717, 1.165) is 0 Å². The molecular formula is C10H11NO3. The maximum atomic E-state index is 11.5. The van der Waals surface area contributed by atoms with Crippen molar-refractivity contribution < 1.29 is 14.6 Å². The van der Waals surface area contributed by atoms with Gasteiger partial charge in [0.25, 0.3) is 5.91 Å². The van der Waals surface area contributed by atoms with E-state index < -0.39 is 12.3 Å². The molecule has 14 heavy (non-hydrogen) atoms. The van der Waals surface area contributed by atoms with E-state index in [1.54, 1.807) is 31.2 Å². The van der Waals surface area contributed by atoms with Crippen LogP contribution in [-0.4, -0.2) is 23.3 Å². The number of hydrogen-bond acceptors (Lipinski definition) is 3. The summed E-state index contributed by atoms with van der Waals surface area (Å²) in [5.41, 5.74) is 0.504. The van der Waals surface area contributed by atoms with Crippen molar-refractivity contribution in [1.82, 2.24) is 5.32 Å². The van der Waals surface area contributed by atoms with Crippen molar-refractivity contribution >= 4 is 5.91 Å². The first-order valence-electron chi connectivity index (χ1n) is 4.43. The van der Waals surface area contributed by atoms with Gasteiger partial charge in [-0.15, -0.1) is 0 Å². The number of amides is 1. The fraction of sp³-hybridized carbons (Fsp3) is 0.300. The highest BCUT2D eigenvalue weighted by Gasteiger charge is 2.27. The molecule has 1 heterocycles. The van der Waals surface area contributed by atoms with Crippen molar-refractivity contribution in [2.75, 3.05) is 0 Å². The first-order valence-corrected chi connectivity index (χ1v) is 4.43. The molecule has 0 saturated heterocycles. The van der Waals surface area contributed by atoms with Gasteiger partial charge in [0.2, 0.25) is 0 Å². The quantitative estimate of drug-likeness (QED) is 0.683. The summed E-state index contributed by atoms with van der Waals surface area (Å²) in [6.45, 7) is 1.57. The first-order chi connectivity index (χ1) is 6.68. The van der Waals surface area contributed by atoms with E-state index in [0.29, 0.717) is 11.3 Å². The molecule has 0 bridgehead atoms. The zero-order valence-corrected chi connectivity index (χ0v) is 7.73. The molecule has 0 saturated carbocycles. The summed E-state index contributed by atoms with van der Waals surface area (Å²) in [6, 6.07) is 6.95. The maximum absolute atomic E-state index is 11.5. The molecule has 0 spiro atoms. The largest absolute Gasteiger partial charge is 0.467 e. The van der Waals surface area contributed by atoms with Crippen LogP contribution in [0.1, 0.15) is 17.3 Å². The van der Waals surface area contributed by atoms with E-state index in [-0.39, 0.29) is 5.91 Å². The summed E-state index contributed by atoms with van der Waals surface area (Å²) in [7, 11) is 0. The predicted octanol–water partition coefficient (Wildman–Crippen LogP) is 0.516. The van der Waals surface area contributed by atoms with Crippen LogP contribution in [0.15, 0.2) is 24.3 Å². The summed E-state index contributed by atoms with van der Waals surface area (Å²) in [4.78, 5) is 11.5. The van der Waals surface area contributed by atoms with Crippen LogP contribution >= 0.6 is 0 Å². The second-order valence-corrected chi connectivity index (χ2v) is 3.25. The normalized spacial score (nSPS) is 21.9. The van der Waals surface area contributed by atoms with Gasteiger partial charge >= 0.3 is 0 Å². The number of hydrogen-bond donors (Lipinski definition) is 2. The van der Waals surface area contributed by atoms with Gasteiger partial charge in [0.15, 0.2) is 6.23 Å². The lowest BCUT2D eigenvalue weighted by Gasteiger charge is -2.28. The Kier molecular flexibility index (Phi) is 2.13. The Hall–Kier alpha value is -1.55. The molecule has 4 nitrogen and oxygen atoms in total. The minimum Gasteiger partial charge on any atom is -0.467 e. The van der Waals surface area contributed by atoms with Gasteiger partial charge in [-0.05, 0) is 19.1 Å². The summed E-state index contributed by atoms with van der Waals surface area (Å²) in [5.74, 6) is 0.305. The number of ether oxygens (including phenoxy) is 1. The van der Waals surface area contributed by atoms with Crippen LogP contribution in [0.4, 0.5) is 0 Å². The number of carbonyl (C=O) groups is 1. The highest BCUT2D eigenvalue weighted by atomic mass is 16.5. The zero-order valence-electron chi connectivity index (χ0n) is 7.73. The second kappa shape index (κ2) is 3.31. The third kappa shape index (κ3) is 1.44. The number of fused-ring (bicyclic) bond motifs is 1. The Bertz CT molecular complexity index is 362. The van der Waals surface area contributed by atoms with E-state index in [2.05, 4.69) is 5.32 Å². The van der Waals surface area contributed by atoms with Gasteiger partial charge in [-0.3, -0.25) is 4.79 Å². The van der Waals surface area contributed by atoms with Crippen LogP contribution in [0.5, 0.6) is 5.75 Å². The monoisotopic (exact) mass is 193 g/mol. The lowest BCUT2D eigenvalue weighted by Crippen LogP contribution is -2.49. The fourth-order valence-corrected chi connectivity index (χ4v) is 1.35. The Morgan fingerprint density at radius 3 is 2.93 bits per heavy atom. The number of carbonyl (C=O) groups excluding carboxylic acids is 1. The highest BCUT2D eigenvalue weighted by Crippen LogP contribution is 2.23. The molecule has 0 aromatic heterocycles. The molecule has 0 aliphatic carbocycles. The van der Waals surface area contributed by atoms with Crippen LogP contribution in [0.2, 0.25) is 0 Å². The van der Waals surface area contributed by atoms with E-state index in [1.807, 2.05) is 0 Å². The standard InChI is InChI=1S/C10H11NO3/c1-6(12)10-11-9(13)7-4-2-3-5-8(7)14-10/h2-6,10,12H,1H3,(H,11,13). The molecule has 2 unspecified atom stereocenters. The number of benzene rings is 1. The molecule has 1 aliphatic heterocycles. The van der Waals surface area contributed by atoms with Gasteiger partial charge in [-0.1, -0.05) is 12.1 Å². The Labute approximate surface area is 81.5 Å². The van der Waals surface area contributed by atoms with Crippen molar-refractivity contribution in [3.63, 3.8) is 0 Å². The third-order valence-corrected chi connectivity index (χ3v) is 2.10. The van der Waals surface area contributed by atoms with Crippen molar-refractivity contribution in [3.8, 4) is 5.75 Å². The van der Waals surface area contributed by atoms with Crippen molar-refractivity contribution in [2.45, 2.75) is 19.3 Å². The van der Waals surface area contributed by atoms with Crippen LogP contribution in [0.25, 0.3) is 0 Å². The van der Waals surface area contributed by atoms with Crippen LogP contribution in [-0.2, 0) is 0 Å². The number of aliphatic hydroxyl groups is 1. The van der Waals surface area contributed by atoms with Gasteiger partial charge in [0, 0.05) is 0 Å². The Morgan fingerprint density at radius 1 is 1.50 bits per heavy atom. The number of rotatable bonds is 1. The van der Waals surface area contributed by atoms with Crippen LogP contribution < -0.4 is 10.1 Å². The lowest BCUT2D eigenvalue weighted by atomic mass is 10.1. The van der Waals surface area contributed by atoms with Gasteiger partial charge < -0.3 is 15.2 Å². The Balaban J connectivity index is 2.33. The molecule has 2 rings (SSSR count). The molecule has 1 aromatic rings. The molecule has 0 fully saturated rings. The number of nitrogens with one attached hydrogen (secondary N) is 1. The van der Waals surface area contributed by atoms with Crippen molar-refractivity contribution in [3.05, 3.63) is 29.8 Å². The van der Waals surface area contributed by atoms with E-state index in [1.165, 1.54) is 0 Å². The molecular weight excluding hydrogens is 182 g/mol. The minimum atomic E-state index is -0.729.